The lowest BCUT2D eigenvalue weighted by atomic mass is 10.1. The van der Waals surface area contributed by atoms with Gasteiger partial charge < -0.3 is 34.1 Å². The predicted molar refractivity (Wildman–Crippen MR) is 157 cm³/mol. The Labute approximate surface area is 244 Å². The molecular formula is C33H33NO8. The number of nitrogens with one attached hydrogen (secondary N) is 1. The summed E-state index contributed by atoms with van der Waals surface area (Å²) in [6.07, 6.45) is -0.0749. The first kappa shape index (κ1) is 30.1. The number of benzene rings is 4. The average molecular weight is 572 g/mol. The van der Waals surface area contributed by atoms with E-state index >= 15 is 0 Å². The number of ether oxygens (including phenoxy) is 5. The van der Waals surface area contributed by atoms with Gasteiger partial charge in [0, 0.05) is 12.6 Å². The highest BCUT2D eigenvalue weighted by atomic mass is 16.6. The first-order valence-corrected chi connectivity index (χ1v) is 13.4. The molecule has 1 unspecified atom stereocenters. The maximum atomic E-state index is 12.8. The van der Waals surface area contributed by atoms with E-state index in [1.54, 1.807) is 80.9 Å². The fraction of sp³-hybridized carbons (Fsp3) is 0.212. The standard InChI is InChI=1S/C33H33NO8/c1-38-28-15-13-23(19-30(28)39-2)17-18-34-21-26(35)22-40-27-14-16-29(41-32(36)24-9-5-3-6-10-24)31(20-27)42-33(37)25-11-7-4-8-12-25/h3-16,19-20,26,34-35H,17-18,21-22H2,1-2H3. The molecule has 0 bridgehead atoms. The number of aliphatic hydroxyl groups excluding tert-OH is 1. The Morgan fingerprint density at radius 1 is 0.714 bits per heavy atom. The van der Waals surface area contributed by atoms with E-state index in [2.05, 4.69) is 5.32 Å². The molecule has 218 valence electrons. The molecule has 0 aromatic heterocycles. The van der Waals surface area contributed by atoms with Crippen molar-refractivity contribution in [2.24, 2.45) is 0 Å². The predicted octanol–water partition coefficient (Wildman–Crippen LogP) is 4.71. The molecule has 9 nitrogen and oxygen atoms in total. The Bertz CT molecular complexity index is 1460. The number of hydrogen-bond donors (Lipinski definition) is 2. The minimum atomic E-state index is -0.804. The lowest BCUT2D eigenvalue weighted by Gasteiger charge is -2.16. The summed E-state index contributed by atoms with van der Waals surface area (Å²) in [5.74, 6) is 0.500. The summed E-state index contributed by atoms with van der Waals surface area (Å²) in [4.78, 5) is 25.4. The van der Waals surface area contributed by atoms with Crippen molar-refractivity contribution >= 4 is 11.9 Å². The van der Waals surface area contributed by atoms with E-state index in [0.29, 0.717) is 41.5 Å². The SMILES string of the molecule is COc1ccc(CCNCC(O)COc2ccc(OC(=O)c3ccccc3)c(OC(=O)c3ccccc3)c2)cc1OC. The van der Waals surface area contributed by atoms with Gasteiger partial charge in [-0.2, -0.15) is 0 Å². The monoisotopic (exact) mass is 571 g/mol. The van der Waals surface area contributed by atoms with Gasteiger partial charge in [0.2, 0.25) is 0 Å². The van der Waals surface area contributed by atoms with Crippen LogP contribution in [0.2, 0.25) is 0 Å². The van der Waals surface area contributed by atoms with Crippen LogP contribution in [-0.4, -0.2) is 57.1 Å². The second-order valence-electron chi connectivity index (χ2n) is 9.23. The minimum Gasteiger partial charge on any atom is -0.493 e. The highest BCUT2D eigenvalue weighted by Gasteiger charge is 2.18. The van der Waals surface area contributed by atoms with Crippen LogP contribution in [-0.2, 0) is 6.42 Å². The van der Waals surface area contributed by atoms with Crippen molar-refractivity contribution in [2.75, 3.05) is 33.9 Å². The van der Waals surface area contributed by atoms with Gasteiger partial charge in [0.25, 0.3) is 0 Å². The van der Waals surface area contributed by atoms with Crippen molar-refractivity contribution in [1.82, 2.24) is 5.32 Å². The molecule has 1 atom stereocenters. The Morgan fingerprint density at radius 3 is 1.93 bits per heavy atom. The Hall–Kier alpha value is -4.86. The van der Waals surface area contributed by atoms with Gasteiger partial charge in [-0.15, -0.1) is 0 Å². The van der Waals surface area contributed by atoms with Crippen LogP contribution >= 0.6 is 0 Å². The summed E-state index contributed by atoms with van der Waals surface area (Å²) in [7, 11) is 3.19. The van der Waals surface area contributed by atoms with Gasteiger partial charge in [0.15, 0.2) is 23.0 Å². The van der Waals surface area contributed by atoms with Crippen molar-refractivity contribution in [3.63, 3.8) is 0 Å². The van der Waals surface area contributed by atoms with E-state index in [1.165, 1.54) is 12.1 Å². The van der Waals surface area contributed by atoms with Crippen LogP contribution in [0.15, 0.2) is 97.1 Å². The lowest BCUT2D eigenvalue weighted by Crippen LogP contribution is -2.32. The third-order valence-electron chi connectivity index (χ3n) is 6.20. The third-order valence-corrected chi connectivity index (χ3v) is 6.20. The smallest absolute Gasteiger partial charge is 0.343 e. The van der Waals surface area contributed by atoms with E-state index in [-0.39, 0.29) is 18.1 Å². The van der Waals surface area contributed by atoms with Crippen molar-refractivity contribution in [3.8, 4) is 28.7 Å². The van der Waals surface area contributed by atoms with Gasteiger partial charge >= 0.3 is 11.9 Å². The Morgan fingerprint density at radius 2 is 1.31 bits per heavy atom. The number of methoxy groups -OCH3 is 2. The van der Waals surface area contributed by atoms with E-state index in [9.17, 15) is 14.7 Å². The maximum absolute atomic E-state index is 12.8. The molecule has 9 heteroatoms. The largest absolute Gasteiger partial charge is 0.493 e. The van der Waals surface area contributed by atoms with Gasteiger partial charge in [-0.05, 0) is 67.1 Å². The van der Waals surface area contributed by atoms with Crippen LogP contribution in [0.5, 0.6) is 28.7 Å². The van der Waals surface area contributed by atoms with E-state index in [4.69, 9.17) is 23.7 Å². The van der Waals surface area contributed by atoms with E-state index in [1.807, 2.05) is 18.2 Å². The summed E-state index contributed by atoms with van der Waals surface area (Å²) >= 11 is 0. The molecule has 2 N–H and O–H groups in total. The number of aliphatic hydroxyl groups is 1. The van der Waals surface area contributed by atoms with Crippen molar-refractivity contribution in [3.05, 3.63) is 114 Å². The van der Waals surface area contributed by atoms with Gasteiger partial charge in [0.1, 0.15) is 18.5 Å². The normalized spacial score (nSPS) is 11.3. The number of esters is 2. The number of hydrogen-bond acceptors (Lipinski definition) is 9. The number of carbonyl (C=O) groups is 2. The van der Waals surface area contributed by atoms with Crippen LogP contribution in [0.3, 0.4) is 0 Å². The molecule has 0 saturated carbocycles. The Balaban J connectivity index is 1.34. The lowest BCUT2D eigenvalue weighted by molar-refractivity contribution is 0.0681. The average Bonchev–Trinajstić information content (AvgIpc) is 3.03. The number of rotatable bonds is 14. The minimum absolute atomic E-state index is 0.00756. The molecule has 4 aromatic rings. The molecule has 0 aliphatic carbocycles. The van der Waals surface area contributed by atoms with Crippen LogP contribution in [0.25, 0.3) is 0 Å². The molecular weight excluding hydrogens is 538 g/mol. The van der Waals surface area contributed by atoms with Crippen molar-refractivity contribution in [1.29, 1.82) is 0 Å². The first-order chi connectivity index (χ1) is 20.5. The van der Waals surface area contributed by atoms with Crippen LogP contribution in [0.1, 0.15) is 26.3 Å². The Kier molecular flexibility index (Phi) is 10.9. The fourth-order valence-electron chi connectivity index (χ4n) is 4.00. The molecule has 4 aromatic carbocycles. The summed E-state index contributed by atoms with van der Waals surface area (Å²) in [6.45, 7) is 0.919. The molecule has 0 aliphatic rings. The summed E-state index contributed by atoms with van der Waals surface area (Å²) < 4.78 is 27.5. The highest BCUT2D eigenvalue weighted by molar-refractivity contribution is 5.93. The van der Waals surface area contributed by atoms with Gasteiger partial charge in [-0.3, -0.25) is 0 Å². The zero-order chi connectivity index (χ0) is 29.7. The second-order valence-corrected chi connectivity index (χ2v) is 9.23. The molecule has 0 fully saturated rings. The van der Waals surface area contributed by atoms with Crippen molar-refractivity contribution < 1.29 is 38.4 Å². The van der Waals surface area contributed by atoms with E-state index in [0.717, 1.165) is 12.0 Å². The highest BCUT2D eigenvalue weighted by Crippen LogP contribution is 2.33. The van der Waals surface area contributed by atoms with Gasteiger partial charge in [-0.25, -0.2) is 9.59 Å². The summed E-state index contributed by atoms with van der Waals surface area (Å²) in [5.41, 5.74) is 1.75. The zero-order valence-corrected chi connectivity index (χ0v) is 23.4. The van der Waals surface area contributed by atoms with E-state index < -0.39 is 18.0 Å². The topological polar surface area (TPSA) is 113 Å². The quantitative estimate of drug-likeness (QED) is 0.126. The molecule has 0 amide bonds. The van der Waals surface area contributed by atoms with Crippen molar-refractivity contribution in [2.45, 2.75) is 12.5 Å². The molecule has 0 aliphatic heterocycles. The van der Waals surface area contributed by atoms with Crippen LogP contribution in [0, 0.1) is 0 Å². The summed E-state index contributed by atoms with van der Waals surface area (Å²) in [5, 5.41) is 13.7. The molecule has 0 spiro atoms. The summed E-state index contributed by atoms with van der Waals surface area (Å²) in [6, 6.07) is 27.2. The fourth-order valence-corrected chi connectivity index (χ4v) is 4.00. The maximum Gasteiger partial charge on any atom is 0.343 e. The number of carbonyl (C=O) groups excluding carboxylic acids is 2. The molecule has 0 heterocycles. The molecule has 4 rings (SSSR count). The van der Waals surface area contributed by atoms with Crippen LogP contribution < -0.4 is 29.0 Å². The first-order valence-electron chi connectivity index (χ1n) is 13.4. The van der Waals surface area contributed by atoms with Gasteiger partial charge in [-0.1, -0.05) is 42.5 Å². The second kappa shape index (κ2) is 15.2. The van der Waals surface area contributed by atoms with Gasteiger partial charge in [0.05, 0.1) is 25.3 Å². The molecule has 0 saturated heterocycles. The molecule has 42 heavy (non-hydrogen) atoms. The molecule has 0 radical (unpaired) electrons. The van der Waals surface area contributed by atoms with Crippen LogP contribution in [0.4, 0.5) is 0 Å². The third kappa shape index (κ3) is 8.57. The zero-order valence-electron chi connectivity index (χ0n) is 23.4.